The third-order valence-electron chi connectivity index (χ3n) is 4.68. The largest absolute Gasteiger partial charge is 0.508 e. The van der Waals surface area contributed by atoms with Gasteiger partial charge in [-0.05, 0) is 30.7 Å². The van der Waals surface area contributed by atoms with Crippen molar-refractivity contribution >= 4 is 40.8 Å². The molecule has 2 aromatic rings. The number of nitrogens with zero attached hydrogens (tertiary/aromatic N) is 2. The van der Waals surface area contributed by atoms with Crippen molar-refractivity contribution in [3.63, 3.8) is 0 Å². The molecule has 1 saturated heterocycles. The van der Waals surface area contributed by atoms with Crippen molar-refractivity contribution in [3.8, 4) is 5.75 Å². The zero-order chi connectivity index (χ0) is 19.9. The van der Waals surface area contributed by atoms with Crippen LogP contribution in [-0.2, 0) is 6.54 Å². The number of phenolic OH excluding ortho intramolecular Hbond substituents is 1. The number of carbonyl (C=O) groups excluding carboxylic acids is 1. The highest BCUT2D eigenvalue weighted by Gasteiger charge is 2.17. The Morgan fingerprint density at radius 3 is 2.68 bits per heavy atom. The monoisotopic (exact) mass is 419 g/mol. The van der Waals surface area contributed by atoms with E-state index in [1.165, 1.54) is 0 Å². The molecule has 2 aromatic carbocycles. The van der Waals surface area contributed by atoms with Crippen LogP contribution in [0.3, 0.4) is 0 Å². The van der Waals surface area contributed by atoms with Crippen LogP contribution in [0.4, 0.5) is 16.2 Å². The highest BCUT2D eigenvalue weighted by molar-refractivity contribution is 7.99. The van der Waals surface area contributed by atoms with Crippen molar-refractivity contribution in [1.29, 1.82) is 0 Å². The Labute approximate surface area is 175 Å². The molecule has 3 rings (SSSR count). The molecule has 150 valence electrons. The number of nitrogens with one attached hydrogen (secondary N) is 1. The smallest absolute Gasteiger partial charge is 0.322 e. The summed E-state index contributed by atoms with van der Waals surface area (Å²) < 4.78 is 0. The Morgan fingerprint density at radius 1 is 1.25 bits per heavy atom. The van der Waals surface area contributed by atoms with Crippen LogP contribution in [0.2, 0.25) is 5.02 Å². The van der Waals surface area contributed by atoms with Gasteiger partial charge in [0.1, 0.15) is 5.75 Å². The van der Waals surface area contributed by atoms with E-state index < -0.39 is 0 Å². The van der Waals surface area contributed by atoms with Gasteiger partial charge in [0, 0.05) is 42.4 Å². The Hall–Kier alpha value is -2.05. The molecule has 0 radical (unpaired) electrons. The maximum atomic E-state index is 12.8. The first-order valence-corrected chi connectivity index (χ1v) is 11.1. The highest BCUT2D eigenvalue weighted by Crippen LogP contribution is 2.30. The van der Waals surface area contributed by atoms with Gasteiger partial charge < -0.3 is 20.2 Å². The number of para-hydroxylation sites is 1. The Balaban J connectivity index is 1.69. The van der Waals surface area contributed by atoms with Crippen molar-refractivity contribution < 1.29 is 9.90 Å². The Morgan fingerprint density at radius 2 is 2.00 bits per heavy atom. The molecule has 28 heavy (non-hydrogen) atoms. The number of carbonyl (C=O) groups is 1. The molecule has 1 aliphatic rings. The van der Waals surface area contributed by atoms with Gasteiger partial charge in [-0.15, -0.1) is 0 Å². The van der Waals surface area contributed by atoms with E-state index in [0.717, 1.165) is 42.3 Å². The minimum atomic E-state index is -0.205. The summed E-state index contributed by atoms with van der Waals surface area (Å²) in [6, 6.07) is 12.6. The minimum Gasteiger partial charge on any atom is -0.508 e. The van der Waals surface area contributed by atoms with Gasteiger partial charge in [-0.3, -0.25) is 0 Å². The van der Waals surface area contributed by atoms with Crippen molar-refractivity contribution in [2.75, 3.05) is 41.4 Å². The zero-order valence-corrected chi connectivity index (χ0v) is 17.6. The van der Waals surface area contributed by atoms with E-state index in [0.29, 0.717) is 23.8 Å². The SMILES string of the molecule is CCCN(Cc1ccccc1O)C(=O)Nc1ccc(N2CCSCC2)c(Cl)c1. The van der Waals surface area contributed by atoms with Gasteiger partial charge in [0.05, 0.1) is 17.3 Å². The number of urea groups is 1. The summed E-state index contributed by atoms with van der Waals surface area (Å²) in [6.45, 7) is 4.94. The topological polar surface area (TPSA) is 55.8 Å². The molecule has 0 bridgehead atoms. The van der Waals surface area contributed by atoms with E-state index in [-0.39, 0.29) is 11.8 Å². The lowest BCUT2D eigenvalue weighted by Gasteiger charge is -2.29. The predicted molar refractivity (Wildman–Crippen MR) is 119 cm³/mol. The number of aromatic hydroxyl groups is 1. The van der Waals surface area contributed by atoms with Crippen LogP contribution in [0.5, 0.6) is 5.75 Å². The maximum absolute atomic E-state index is 12.8. The van der Waals surface area contributed by atoms with Gasteiger partial charge >= 0.3 is 6.03 Å². The van der Waals surface area contributed by atoms with Crippen LogP contribution in [0.15, 0.2) is 42.5 Å². The number of hydrogen-bond donors (Lipinski definition) is 2. The van der Waals surface area contributed by atoms with Gasteiger partial charge in [0.15, 0.2) is 0 Å². The van der Waals surface area contributed by atoms with Gasteiger partial charge in [-0.2, -0.15) is 11.8 Å². The number of halogens is 1. The number of hydrogen-bond acceptors (Lipinski definition) is 4. The summed E-state index contributed by atoms with van der Waals surface area (Å²) in [7, 11) is 0. The molecule has 2 N–H and O–H groups in total. The molecule has 1 aliphatic heterocycles. The van der Waals surface area contributed by atoms with Gasteiger partial charge in [0.25, 0.3) is 0 Å². The van der Waals surface area contributed by atoms with Gasteiger partial charge in [-0.1, -0.05) is 36.7 Å². The number of amides is 2. The van der Waals surface area contributed by atoms with Crippen LogP contribution in [-0.4, -0.2) is 47.2 Å². The van der Waals surface area contributed by atoms with Gasteiger partial charge in [0.2, 0.25) is 0 Å². The lowest BCUT2D eigenvalue weighted by atomic mass is 10.2. The first-order chi connectivity index (χ1) is 13.6. The van der Waals surface area contributed by atoms with E-state index in [2.05, 4.69) is 10.2 Å². The first-order valence-electron chi connectivity index (χ1n) is 9.53. The third-order valence-corrected chi connectivity index (χ3v) is 5.93. The maximum Gasteiger partial charge on any atom is 0.322 e. The molecule has 5 nitrogen and oxygen atoms in total. The lowest BCUT2D eigenvalue weighted by Crippen LogP contribution is -2.35. The van der Waals surface area contributed by atoms with Crippen molar-refractivity contribution in [2.24, 2.45) is 0 Å². The molecule has 2 amide bonds. The van der Waals surface area contributed by atoms with E-state index in [1.54, 1.807) is 23.1 Å². The van der Waals surface area contributed by atoms with Crippen LogP contribution in [0, 0.1) is 0 Å². The minimum absolute atomic E-state index is 0.198. The fourth-order valence-corrected chi connectivity index (χ4v) is 4.42. The standard InChI is InChI=1S/C21H26ClN3O2S/c1-2-9-25(15-16-5-3-4-6-20(16)26)21(27)23-17-7-8-19(18(22)14-17)24-10-12-28-13-11-24/h3-8,14,26H,2,9-13,15H2,1H3,(H,23,27). The third kappa shape index (κ3) is 5.26. The average molecular weight is 420 g/mol. The summed E-state index contributed by atoms with van der Waals surface area (Å²) in [6.07, 6.45) is 0.827. The Kier molecular flexibility index (Phi) is 7.34. The lowest BCUT2D eigenvalue weighted by molar-refractivity contribution is 0.208. The number of thioether (sulfide) groups is 1. The van der Waals surface area contributed by atoms with Gasteiger partial charge in [-0.25, -0.2) is 4.79 Å². The van der Waals surface area contributed by atoms with E-state index in [9.17, 15) is 9.90 Å². The molecule has 0 unspecified atom stereocenters. The molecule has 0 aliphatic carbocycles. The van der Waals surface area contributed by atoms with Crippen LogP contribution in [0.25, 0.3) is 0 Å². The second kappa shape index (κ2) is 9.94. The second-order valence-electron chi connectivity index (χ2n) is 6.75. The molecule has 7 heteroatoms. The fourth-order valence-electron chi connectivity index (χ4n) is 3.22. The molecule has 0 atom stereocenters. The number of phenols is 1. The zero-order valence-electron chi connectivity index (χ0n) is 16.0. The summed E-state index contributed by atoms with van der Waals surface area (Å²) in [5.74, 6) is 2.41. The van der Waals surface area contributed by atoms with Crippen LogP contribution < -0.4 is 10.2 Å². The molecule has 0 aromatic heterocycles. The van der Waals surface area contributed by atoms with Crippen molar-refractivity contribution in [2.45, 2.75) is 19.9 Å². The second-order valence-corrected chi connectivity index (χ2v) is 8.38. The molecular weight excluding hydrogens is 394 g/mol. The van der Waals surface area contributed by atoms with Crippen LogP contribution in [0.1, 0.15) is 18.9 Å². The molecule has 1 fully saturated rings. The molecule has 0 spiro atoms. The van der Waals surface area contributed by atoms with Crippen LogP contribution >= 0.6 is 23.4 Å². The van der Waals surface area contributed by atoms with Crippen molar-refractivity contribution in [1.82, 2.24) is 4.90 Å². The fraction of sp³-hybridized carbons (Fsp3) is 0.381. The molecule has 0 saturated carbocycles. The first kappa shape index (κ1) is 20.7. The van der Waals surface area contributed by atoms with Crippen molar-refractivity contribution in [3.05, 3.63) is 53.1 Å². The summed E-state index contributed by atoms with van der Waals surface area (Å²) in [5, 5.41) is 13.6. The molecule has 1 heterocycles. The van der Waals surface area contributed by atoms with E-state index in [1.807, 2.05) is 43.0 Å². The number of benzene rings is 2. The van der Waals surface area contributed by atoms with E-state index in [4.69, 9.17) is 11.6 Å². The summed E-state index contributed by atoms with van der Waals surface area (Å²) in [5.41, 5.74) is 2.41. The normalized spacial score (nSPS) is 14.0. The summed E-state index contributed by atoms with van der Waals surface area (Å²) in [4.78, 5) is 16.8. The molecular formula is C21H26ClN3O2S. The highest BCUT2D eigenvalue weighted by atomic mass is 35.5. The Bertz CT molecular complexity index is 812. The van der Waals surface area contributed by atoms with E-state index >= 15 is 0 Å². The quantitative estimate of drug-likeness (QED) is 0.688. The summed E-state index contributed by atoms with van der Waals surface area (Å²) >= 11 is 8.45. The average Bonchev–Trinajstić information content (AvgIpc) is 2.70. The number of anilines is 2. The predicted octanol–water partition coefficient (Wildman–Crippen LogP) is 5.04. The number of rotatable bonds is 6.